The van der Waals surface area contributed by atoms with Gasteiger partial charge in [0.1, 0.15) is 5.82 Å². The second kappa shape index (κ2) is 8.49. The van der Waals surface area contributed by atoms with Crippen molar-refractivity contribution < 1.29 is 8.82 Å². The minimum atomic E-state index is -1.42. The minimum Gasteiger partial charge on any atom is -0.420 e. The van der Waals surface area contributed by atoms with E-state index in [2.05, 4.69) is 13.8 Å². The van der Waals surface area contributed by atoms with Gasteiger partial charge >= 0.3 is 0 Å². The summed E-state index contributed by atoms with van der Waals surface area (Å²) in [5, 5.41) is 0. The van der Waals surface area contributed by atoms with Crippen molar-refractivity contribution >= 4 is 8.32 Å². The van der Waals surface area contributed by atoms with Crippen LogP contribution in [0.25, 0.3) is 0 Å². The van der Waals surface area contributed by atoms with Gasteiger partial charge in [0.15, 0.2) is 8.32 Å². The zero-order valence-corrected chi connectivity index (χ0v) is 13.5. The van der Waals surface area contributed by atoms with Crippen LogP contribution in [0.15, 0.2) is 24.3 Å². The molecule has 0 aromatic heterocycles. The summed E-state index contributed by atoms with van der Waals surface area (Å²) >= 11 is 0. The van der Waals surface area contributed by atoms with Crippen LogP contribution in [0.2, 0.25) is 18.1 Å². The third-order valence-corrected chi connectivity index (χ3v) is 8.92. The maximum absolute atomic E-state index is 13.0. The summed E-state index contributed by atoms with van der Waals surface area (Å²) in [6.45, 7) is 4.51. The minimum absolute atomic E-state index is 0.125. The van der Waals surface area contributed by atoms with Crippen LogP contribution in [0.1, 0.15) is 38.7 Å². The summed E-state index contributed by atoms with van der Waals surface area (Å²) < 4.78 is 18.8. The highest BCUT2D eigenvalue weighted by atomic mass is 28.4. The Morgan fingerprint density at radius 1 is 1.11 bits per heavy atom. The van der Waals surface area contributed by atoms with Crippen LogP contribution in [0.3, 0.4) is 0 Å². The van der Waals surface area contributed by atoms with Crippen LogP contribution in [0.4, 0.5) is 4.39 Å². The van der Waals surface area contributed by atoms with Gasteiger partial charge in [-0.3, -0.25) is 0 Å². The lowest BCUT2D eigenvalue weighted by atomic mass is 10.1. The molecule has 3 heteroatoms. The van der Waals surface area contributed by atoms with Crippen molar-refractivity contribution in [3.8, 4) is 0 Å². The van der Waals surface area contributed by atoms with E-state index < -0.39 is 8.32 Å². The van der Waals surface area contributed by atoms with E-state index in [0.29, 0.717) is 0 Å². The molecule has 0 spiro atoms. The maximum Gasteiger partial charge on any atom is 0.191 e. The Hall–Kier alpha value is -0.673. The Morgan fingerprint density at radius 3 is 2.42 bits per heavy atom. The average Bonchev–Trinajstić information content (AvgIpc) is 2.44. The molecule has 0 radical (unpaired) electrons. The van der Waals surface area contributed by atoms with Crippen LogP contribution >= 0.6 is 0 Å². The first kappa shape index (κ1) is 16.4. The van der Waals surface area contributed by atoms with Gasteiger partial charge in [0.2, 0.25) is 0 Å². The molecule has 0 aliphatic carbocycles. The first-order chi connectivity index (χ1) is 9.15. The molecule has 1 aromatic rings. The maximum atomic E-state index is 13.0. The zero-order chi connectivity index (χ0) is 14.1. The van der Waals surface area contributed by atoms with Crippen molar-refractivity contribution in [2.24, 2.45) is 0 Å². The Morgan fingerprint density at radius 2 is 1.84 bits per heavy atom. The molecule has 1 aromatic carbocycles. The van der Waals surface area contributed by atoms with Crippen LogP contribution in [0, 0.1) is 5.82 Å². The molecular weight excluding hydrogens is 255 g/mol. The van der Waals surface area contributed by atoms with Crippen LogP contribution in [-0.2, 0) is 10.8 Å². The van der Waals surface area contributed by atoms with Crippen LogP contribution < -0.4 is 0 Å². The van der Waals surface area contributed by atoms with Crippen molar-refractivity contribution in [3.63, 3.8) is 0 Å². The van der Waals surface area contributed by atoms with Crippen molar-refractivity contribution in [3.05, 3.63) is 35.6 Å². The molecule has 0 heterocycles. The lowest BCUT2D eigenvalue weighted by molar-refractivity contribution is 0.389. The summed E-state index contributed by atoms with van der Waals surface area (Å²) in [5.41, 5.74) is 1.11. The van der Waals surface area contributed by atoms with E-state index in [1.807, 2.05) is 13.2 Å². The number of hydrogen-bond donors (Lipinski definition) is 0. The van der Waals surface area contributed by atoms with Gasteiger partial charge in [0.05, 0.1) is 0 Å². The monoisotopic (exact) mass is 282 g/mol. The molecule has 108 valence electrons. The third kappa shape index (κ3) is 5.45. The number of aryl methyl sites for hydroxylation is 1. The normalized spacial score (nSPS) is 11.8. The quantitative estimate of drug-likeness (QED) is 0.448. The second-order valence-corrected chi connectivity index (χ2v) is 9.97. The van der Waals surface area contributed by atoms with Crippen molar-refractivity contribution in [2.45, 2.75) is 57.7 Å². The van der Waals surface area contributed by atoms with E-state index in [1.54, 1.807) is 12.1 Å². The van der Waals surface area contributed by atoms with Crippen LogP contribution in [-0.4, -0.2) is 15.4 Å². The molecule has 1 rings (SSSR count). The van der Waals surface area contributed by atoms with Gasteiger partial charge in [-0.15, -0.1) is 0 Å². The highest BCUT2D eigenvalue weighted by Gasteiger charge is 2.28. The molecule has 0 bridgehead atoms. The summed E-state index contributed by atoms with van der Waals surface area (Å²) in [5.74, 6) is -0.125. The molecule has 1 nitrogen and oxygen atoms in total. The average molecular weight is 282 g/mol. The van der Waals surface area contributed by atoms with E-state index >= 15 is 0 Å². The summed E-state index contributed by atoms with van der Waals surface area (Å²) in [7, 11) is 0.465. The van der Waals surface area contributed by atoms with Crippen LogP contribution in [0.5, 0.6) is 0 Å². The smallest absolute Gasteiger partial charge is 0.191 e. The Kier molecular flexibility index (Phi) is 7.32. The van der Waals surface area contributed by atoms with Gasteiger partial charge in [-0.1, -0.05) is 38.8 Å². The number of rotatable bonds is 9. The van der Waals surface area contributed by atoms with E-state index in [4.69, 9.17) is 4.43 Å². The zero-order valence-electron chi connectivity index (χ0n) is 12.5. The fourth-order valence-corrected chi connectivity index (χ4v) is 5.52. The standard InChI is InChI=1S/C16H27FOSi/c1-4-19(5-2,18-3)13-8-6-7-10-15-11-9-12-16(17)14-15/h9,11-12,14H,4-8,10,13H2,1-3H3. The fourth-order valence-electron chi connectivity index (χ4n) is 2.64. The van der Waals surface area contributed by atoms with Gasteiger partial charge in [-0.05, 0) is 48.7 Å². The third-order valence-electron chi connectivity index (χ3n) is 4.21. The summed E-state index contributed by atoms with van der Waals surface area (Å²) in [4.78, 5) is 0. The Labute approximate surface area is 118 Å². The molecule has 0 aliphatic heterocycles. The molecule has 0 amide bonds. The highest BCUT2D eigenvalue weighted by Crippen LogP contribution is 2.24. The molecule has 0 atom stereocenters. The van der Waals surface area contributed by atoms with Crippen molar-refractivity contribution in [1.82, 2.24) is 0 Å². The van der Waals surface area contributed by atoms with E-state index in [1.165, 1.54) is 37.0 Å². The number of benzene rings is 1. The van der Waals surface area contributed by atoms with Gasteiger partial charge < -0.3 is 4.43 Å². The van der Waals surface area contributed by atoms with E-state index in [0.717, 1.165) is 18.4 Å². The fraction of sp³-hybridized carbons (Fsp3) is 0.625. The number of hydrogen-bond acceptors (Lipinski definition) is 1. The largest absolute Gasteiger partial charge is 0.420 e. The van der Waals surface area contributed by atoms with Crippen molar-refractivity contribution in [1.29, 1.82) is 0 Å². The Balaban J connectivity index is 2.24. The molecule has 0 saturated heterocycles. The lowest BCUT2D eigenvalue weighted by Gasteiger charge is -2.27. The molecule has 0 unspecified atom stereocenters. The lowest BCUT2D eigenvalue weighted by Crippen LogP contribution is -2.34. The predicted molar refractivity (Wildman–Crippen MR) is 82.5 cm³/mol. The van der Waals surface area contributed by atoms with E-state index in [-0.39, 0.29) is 5.82 Å². The summed E-state index contributed by atoms with van der Waals surface area (Å²) in [6.07, 6.45) is 4.59. The highest BCUT2D eigenvalue weighted by molar-refractivity contribution is 6.73. The molecule has 0 N–H and O–H groups in total. The molecular formula is C16H27FOSi. The number of unbranched alkanes of at least 4 members (excludes halogenated alkanes) is 2. The van der Waals surface area contributed by atoms with Gasteiger partial charge in [0, 0.05) is 7.11 Å². The second-order valence-electron chi connectivity index (χ2n) is 5.28. The topological polar surface area (TPSA) is 9.23 Å². The predicted octanol–water partition coefficient (Wildman–Crippen LogP) is 5.17. The molecule has 19 heavy (non-hydrogen) atoms. The first-order valence-electron chi connectivity index (χ1n) is 7.45. The van der Waals surface area contributed by atoms with Gasteiger partial charge in [-0.25, -0.2) is 4.39 Å². The first-order valence-corrected chi connectivity index (χ1v) is 9.98. The molecule has 0 aliphatic rings. The van der Waals surface area contributed by atoms with Crippen molar-refractivity contribution in [2.75, 3.05) is 7.11 Å². The van der Waals surface area contributed by atoms with Gasteiger partial charge in [-0.2, -0.15) is 0 Å². The van der Waals surface area contributed by atoms with E-state index in [9.17, 15) is 4.39 Å². The Bertz CT molecular complexity index is 355. The molecule has 0 fully saturated rings. The molecule has 0 saturated carbocycles. The SMILES string of the molecule is CC[Si](CC)(CCCCCc1cccc(F)c1)OC. The van der Waals surface area contributed by atoms with Gasteiger partial charge in [0.25, 0.3) is 0 Å². The summed E-state index contributed by atoms with van der Waals surface area (Å²) in [6, 6.07) is 10.6. The number of halogens is 1.